The number of carbonyl (C=O) groups is 1. The third-order valence-corrected chi connectivity index (χ3v) is 12.0. The zero-order valence-corrected chi connectivity index (χ0v) is 29.0. The Balaban J connectivity index is 1.27. The van der Waals surface area contributed by atoms with Crippen molar-refractivity contribution in [3.8, 4) is 22.9 Å². The molecule has 11 heteroatoms. The first-order valence-electron chi connectivity index (χ1n) is 17.4. The second-order valence-corrected chi connectivity index (χ2v) is 15.0. The molecule has 2 bridgehead atoms. The lowest BCUT2D eigenvalue weighted by Gasteiger charge is -2.39. The number of aryl methyl sites for hydroxylation is 2. The molecule has 2 saturated carbocycles. The van der Waals surface area contributed by atoms with Crippen LogP contribution in [0, 0.1) is 35.9 Å². The first-order valence-corrected chi connectivity index (χ1v) is 18.2. The number of likely N-dealkylation sites (tertiary alicyclic amines) is 1. The number of nitrogens with one attached hydrogen (secondary N) is 1. The smallest absolute Gasteiger partial charge is 0.226 e. The number of rotatable bonds is 8. The van der Waals surface area contributed by atoms with Crippen LogP contribution in [-0.4, -0.2) is 50.6 Å². The topological polar surface area (TPSA) is 96.1 Å². The number of hydrogen-bond acceptors (Lipinski definition) is 6. The van der Waals surface area contributed by atoms with E-state index in [0.29, 0.717) is 63.8 Å². The fourth-order valence-corrected chi connectivity index (χ4v) is 9.07. The lowest BCUT2D eigenvalue weighted by molar-refractivity contribution is -0.133. The van der Waals surface area contributed by atoms with Crippen LogP contribution in [-0.2, 0) is 11.2 Å². The molecule has 254 valence electrons. The molecule has 2 aromatic carbocycles. The number of halogens is 3. The average molecular weight is 710 g/mol. The summed E-state index contributed by atoms with van der Waals surface area (Å²) < 4.78 is 26.0. The molecule has 3 aromatic heterocycles. The summed E-state index contributed by atoms with van der Waals surface area (Å²) in [5.74, 6) is 0.839. The summed E-state index contributed by atoms with van der Waals surface area (Å²) in [4.78, 5) is 25.1. The van der Waals surface area contributed by atoms with Gasteiger partial charge < -0.3 is 19.5 Å². The molecule has 0 radical (unpaired) electrons. The van der Waals surface area contributed by atoms with Gasteiger partial charge in [0, 0.05) is 70.8 Å². The summed E-state index contributed by atoms with van der Waals surface area (Å²) in [6.07, 6.45) is 7.29. The molecular formula is C39H35Cl2FN6O2. The molecule has 2 aliphatic carbocycles. The van der Waals surface area contributed by atoms with E-state index in [4.69, 9.17) is 32.9 Å². The Kier molecular flexibility index (Phi) is 7.76. The number of ether oxygens (including phenoxy) is 1. The zero-order valence-electron chi connectivity index (χ0n) is 27.5. The number of amides is 1. The van der Waals surface area contributed by atoms with Crippen molar-refractivity contribution in [1.82, 2.24) is 24.8 Å². The molecule has 1 N–H and O–H groups in total. The average Bonchev–Trinajstić information content (AvgIpc) is 3.40. The van der Waals surface area contributed by atoms with Crippen LogP contribution in [0.15, 0.2) is 54.9 Å². The minimum absolute atomic E-state index is 0.0479. The van der Waals surface area contributed by atoms with Crippen LogP contribution in [0.5, 0.6) is 5.75 Å². The van der Waals surface area contributed by atoms with Crippen molar-refractivity contribution >= 4 is 50.9 Å². The molecule has 0 spiro atoms. The highest BCUT2D eigenvalue weighted by Crippen LogP contribution is 2.51. The van der Waals surface area contributed by atoms with E-state index in [-0.39, 0.29) is 53.0 Å². The van der Waals surface area contributed by atoms with Crippen molar-refractivity contribution < 1.29 is 13.9 Å². The molecule has 5 fully saturated rings. The summed E-state index contributed by atoms with van der Waals surface area (Å²) >= 11 is 13.1. The van der Waals surface area contributed by atoms with Crippen LogP contribution >= 0.6 is 23.2 Å². The maximum absolute atomic E-state index is 17.1. The molecule has 1 amide bonds. The van der Waals surface area contributed by atoms with E-state index >= 15 is 4.39 Å². The lowest BCUT2D eigenvalue weighted by Crippen LogP contribution is -2.41. The van der Waals surface area contributed by atoms with E-state index in [1.165, 1.54) is 0 Å². The second kappa shape index (κ2) is 12.2. The molecule has 3 saturated heterocycles. The van der Waals surface area contributed by atoms with Gasteiger partial charge in [0.15, 0.2) is 5.82 Å². The van der Waals surface area contributed by atoms with Crippen molar-refractivity contribution in [1.29, 1.82) is 5.26 Å². The van der Waals surface area contributed by atoms with Gasteiger partial charge in [-0.25, -0.2) is 9.37 Å². The van der Waals surface area contributed by atoms with E-state index in [0.717, 1.165) is 42.4 Å². The zero-order chi connectivity index (χ0) is 34.3. The molecule has 8 nitrogen and oxygen atoms in total. The number of fused-ring (bicyclic) bond motifs is 4. The van der Waals surface area contributed by atoms with Crippen molar-refractivity contribution in [2.75, 3.05) is 13.1 Å². The third kappa shape index (κ3) is 5.06. The minimum atomic E-state index is -0.482. The monoisotopic (exact) mass is 708 g/mol. The van der Waals surface area contributed by atoms with Gasteiger partial charge in [-0.2, -0.15) is 5.26 Å². The fraction of sp³-hybridized carbons (Fsp3) is 0.385. The molecule has 6 heterocycles. The van der Waals surface area contributed by atoms with E-state index in [2.05, 4.69) is 27.0 Å². The fourth-order valence-electron chi connectivity index (χ4n) is 8.68. The summed E-state index contributed by atoms with van der Waals surface area (Å²) in [7, 11) is 0. The van der Waals surface area contributed by atoms with Crippen LogP contribution in [0.3, 0.4) is 0 Å². The van der Waals surface area contributed by atoms with Crippen molar-refractivity contribution in [3.63, 3.8) is 0 Å². The molecule has 50 heavy (non-hydrogen) atoms. The number of aromatic nitrogens is 3. The van der Waals surface area contributed by atoms with Gasteiger partial charge in [-0.05, 0) is 74.4 Å². The van der Waals surface area contributed by atoms with Crippen LogP contribution in [0.4, 0.5) is 4.39 Å². The standard InChI is InChI=1S/C39H35Cl2FN6O2/c1-20-27-16-32(31-15-25(50-24-6-4-12-44-18-24)19-47(31)39(49)21-9-10-21)48(37-23-14-30(37)45-17-23)38(27)28-13-22(5-3-11-43)33(35(42)36(28)46-20)26-7-2-8-29(40)34(26)41/h2,4,6-8,12-13,16,18,21,23,25,30-31,37,45H,3,5,9-10,14-15,17,19H2,1H3. The Morgan fingerprint density at radius 2 is 2.02 bits per heavy atom. The van der Waals surface area contributed by atoms with Crippen LogP contribution in [0.25, 0.3) is 32.9 Å². The Hall–Kier alpha value is -4.23. The maximum Gasteiger partial charge on any atom is 0.226 e. The quantitative estimate of drug-likeness (QED) is 0.175. The molecule has 10 rings (SSSR count). The van der Waals surface area contributed by atoms with Crippen LogP contribution < -0.4 is 10.1 Å². The highest BCUT2D eigenvalue weighted by atomic mass is 35.5. The molecule has 5 unspecified atom stereocenters. The van der Waals surface area contributed by atoms with E-state index < -0.39 is 5.82 Å². The SMILES string of the molecule is Cc1nc2c(F)c(-c3cccc(Cl)c3Cl)c(CCC#N)cc2c2c1cc(C1CC(Oc3cccnc3)CN1C(=O)C1CC1)n2C1C2CNC1C2. The van der Waals surface area contributed by atoms with Gasteiger partial charge in [-0.3, -0.25) is 9.78 Å². The van der Waals surface area contributed by atoms with Gasteiger partial charge in [0.1, 0.15) is 17.4 Å². The molecule has 5 aliphatic rings. The normalized spacial score (nSPS) is 24.1. The maximum atomic E-state index is 17.1. The first-order chi connectivity index (χ1) is 24.3. The summed E-state index contributed by atoms with van der Waals surface area (Å²) in [5, 5.41) is 15.5. The summed E-state index contributed by atoms with van der Waals surface area (Å²) in [6, 6.07) is 15.6. The van der Waals surface area contributed by atoms with Gasteiger partial charge in [0.05, 0.1) is 46.5 Å². The largest absolute Gasteiger partial charge is 0.487 e. The Morgan fingerprint density at radius 1 is 1.16 bits per heavy atom. The Bertz CT molecular complexity index is 2220. The molecule has 5 atom stereocenters. The number of nitriles is 1. The number of carbonyl (C=O) groups excluding carboxylic acids is 1. The number of pyridine rings is 2. The Labute approximate surface area is 299 Å². The minimum Gasteiger partial charge on any atom is -0.487 e. The molecular weight excluding hydrogens is 674 g/mol. The van der Waals surface area contributed by atoms with Gasteiger partial charge in [0.25, 0.3) is 0 Å². The predicted molar refractivity (Wildman–Crippen MR) is 191 cm³/mol. The van der Waals surface area contributed by atoms with E-state index in [9.17, 15) is 10.1 Å². The summed E-state index contributed by atoms with van der Waals surface area (Å²) in [6.45, 7) is 3.33. The van der Waals surface area contributed by atoms with E-state index in [1.807, 2.05) is 30.0 Å². The van der Waals surface area contributed by atoms with Crippen molar-refractivity contribution in [2.24, 2.45) is 11.8 Å². The van der Waals surface area contributed by atoms with E-state index in [1.54, 1.807) is 30.6 Å². The second-order valence-electron chi connectivity index (χ2n) is 14.2. The molecule has 5 aromatic rings. The Morgan fingerprint density at radius 3 is 2.74 bits per heavy atom. The number of nitrogens with zero attached hydrogens (tertiary/aromatic N) is 5. The van der Waals surface area contributed by atoms with Crippen molar-refractivity contribution in [2.45, 2.75) is 69.7 Å². The lowest BCUT2D eigenvalue weighted by atomic mass is 9.79. The third-order valence-electron chi connectivity index (χ3n) is 11.2. The van der Waals surface area contributed by atoms with Crippen LogP contribution in [0.2, 0.25) is 10.0 Å². The first kappa shape index (κ1) is 31.7. The van der Waals surface area contributed by atoms with Gasteiger partial charge >= 0.3 is 0 Å². The van der Waals surface area contributed by atoms with Gasteiger partial charge in [-0.15, -0.1) is 0 Å². The highest BCUT2D eigenvalue weighted by Gasteiger charge is 2.51. The van der Waals surface area contributed by atoms with Gasteiger partial charge in [-0.1, -0.05) is 35.3 Å². The number of hydrogen-bond donors (Lipinski definition) is 1. The number of benzene rings is 2. The summed E-state index contributed by atoms with van der Waals surface area (Å²) in [5.41, 5.74) is 4.39. The van der Waals surface area contributed by atoms with Crippen molar-refractivity contribution in [3.05, 3.63) is 87.7 Å². The molecule has 3 aliphatic heterocycles. The highest BCUT2D eigenvalue weighted by molar-refractivity contribution is 6.43. The van der Waals surface area contributed by atoms with Gasteiger partial charge in [0.2, 0.25) is 5.91 Å². The predicted octanol–water partition coefficient (Wildman–Crippen LogP) is 8.13. The van der Waals surface area contributed by atoms with Crippen LogP contribution in [0.1, 0.15) is 61.1 Å².